The molecule has 1 aromatic carbocycles. The van der Waals surface area contributed by atoms with E-state index >= 15 is 0 Å². The average Bonchev–Trinajstić information content (AvgIpc) is 2.75. The van der Waals surface area contributed by atoms with Crippen LogP contribution in [0.1, 0.15) is 5.89 Å². The molecule has 0 unspecified atom stereocenters. The van der Waals surface area contributed by atoms with Gasteiger partial charge in [-0.2, -0.15) is 0 Å². The highest BCUT2D eigenvalue weighted by molar-refractivity contribution is 6.30. The smallest absolute Gasteiger partial charge is 0.247 e. The van der Waals surface area contributed by atoms with Crippen molar-refractivity contribution in [1.29, 1.82) is 0 Å². The first-order valence-corrected chi connectivity index (χ1v) is 5.40. The number of benzene rings is 1. The molecule has 1 heterocycles. The van der Waals surface area contributed by atoms with E-state index in [4.69, 9.17) is 16.0 Å². The minimum atomic E-state index is 0.508. The molecule has 0 amide bonds. The van der Waals surface area contributed by atoms with Crippen LogP contribution in [0.25, 0.3) is 11.5 Å². The first-order chi connectivity index (χ1) is 7.79. The van der Waals surface area contributed by atoms with E-state index in [9.17, 15) is 0 Å². The molecule has 0 aliphatic carbocycles. The molecule has 0 bridgehead atoms. The Kier molecular flexibility index (Phi) is 3.54. The minimum Gasteiger partial charge on any atom is -0.421 e. The second kappa shape index (κ2) is 5.09. The first-order valence-electron chi connectivity index (χ1n) is 5.02. The lowest BCUT2D eigenvalue weighted by molar-refractivity contribution is 0.500. The molecular weight excluding hydrogens is 226 g/mol. The standard InChI is InChI=1S/C11H12ClN3O/c1-13-6-5-10-14-15-11(16-10)8-3-2-4-9(12)7-8/h2-4,7,13H,5-6H2,1H3. The van der Waals surface area contributed by atoms with Gasteiger partial charge in [0.2, 0.25) is 11.8 Å². The van der Waals surface area contributed by atoms with Crippen molar-refractivity contribution in [2.45, 2.75) is 6.42 Å². The topological polar surface area (TPSA) is 51.0 Å². The van der Waals surface area contributed by atoms with E-state index in [1.54, 1.807) is 6.07 Å². The van der Waals surface area contributed by atoms with Crippen molar-refractivity contribution >= 4 is 11.6 Å². The molecule has 0 radical (unpaired) electrons. The predicted molar refractivity (Wildman–Crippen MR) is 62.4 cm³/mol. The molecule has 0 saturated carbocycles. The van der Waals surface area contributed by atoms with Crippen LogP contribution in [-0.2, 0) is 6.42 Å². The molecule has 0 spiro atoms. The molecule has 16 heavy (non-hydrogen) atoms. The summed E-state index contributed by atoms with van der Waals surface area (Å²) >= 11 is 5.89. The van der Waals surface area contributed by atoms with E-state index in [-0.39, 0.29) is 0 Å². The fourth-order valence-corrected chi connectivity index (χ4v) is 1.52. The van der Waals surface area contributed by atoms with Gasteiger partial charge in [-0.3, -0.25) is 0 Å². The Balaban J connectivity index is 2.18. The number of halogens is 1. The van der Waals surface area contributed by atoms with E-state index in [0.717, 1.165) is 18.5 Å². The number of aromatic nitrogens is 2. The molecule has 0 aliphatic heterocycles. The Labute approximate surface area is 98.6 Å². The van der Waals surface area contributed by atoms with Gasteiger partial charge in [0.1, 0.15) is 0 Å². The number of hydrogen-bond donors (Lipinski definition) is 1. The van der Waals surface area contributed by atoms with Crippen LogP contribution in [-0.4, -0.2) is 23.8 Å². The van der Waals surface area contributed by atoms with Crippen LogP contribution >= 0.6 is 11.6 Å². The molecule has 0 fully saturated rings. The summed E-state index contributed by atoms with van der Waals surface area (Å²) in [6, 6.07) is 7.36. The zero-order valence-corrected chi connectivity index (χ0v) is 9.66. The fourth-order valence-electron chi connectivity index (χ4n) is 1.32. The van der Waals surface area contributed by atoms with Crippen molar-refractivity contribution < 1.29 is 4.42 Å². The van der Waals surface area contributed by atoms with Crippen molar-refractivity contribution in [2.75, 3.05) is 13.6 Å². The van der Waals surface area contributed by atoms with Gasteiger partial charge in [-0.05, 0) is 25.2 Å². The van der Waals surface area contributed by atoms with Crippen LogP contribution in [0.3, 0.4) is 0 Å². The molecule has 84 valence electrons. The van der Waals surface area contributed by atoms with E-state index < -0.39 is 0 Å². The highest BCUT2D eigenvalue weighted by Crippen LogP contribution is 2.21. The average molecular weight is 238 g/mol. The van der Waals surface area contributed by atoms with Crippen LogP contribution in [0, 0.1) is 0 Å². The Bertz CT molecular complexity index is 470. The second-order valence-electron chi connectivity index (χ2n) is 3.36. The maximum absolute atomic E-state index is 5.89. The zero-order valence-electron chi connectivity index (χ0n) is 8.90. The second-order valence-corrected chi connectivity index (χ2v) is 3.80. The molecule has 1 aromatic heterocycles. The van der Waals surface area contributed by atoms with E-state index in [0.29, 0.717) is 16.8 Å². The van der Waals surface area contributed by atoms with E-state index in [2.05, 4.69) is 15.5 Å². The van der Waals surface area contributed by atoms with Gasteiger partial charge in [0.15, 0.2) is 0 Å². The third-order valence-corrected chi connectivity index (χ3v) is 2.36. The number of hydrogen-bond acceptors (Lipinski definition) is 4. The Morgan fingerprint density at radius 2 is 2.25 bits per heavy atom. The van der Waals surface area contributed by atoms with Gasteiger partial charge >= 0.3 is 0 Å². The number of nitrogens with zero attached hydrogens (tertiary/aromatic N) is 2. The fraction of sp³-hybridized carbons (Fsp3) is 0.273. The summed E-state index contributed by atoms with van der Waals surface area (Å²) in [7, 11) is 1.88. The van der Waals surface area contributed by atoms with Crippen molar-refractivity contribution in [2.24, 2.45) is 0 Å². The van der Waals surface area contributed by atoms with Gasteiger partial charge in [-0.15, -0.1) is 10.2 Å². The SMILES string of the molecule is CNCCc1nnc(-c2cccc(Cl)c2)o1. The van der Waals surface area contributed by atoms with Gasteiger partial charge in [-0.1, -0.05) is 17.7 Å². The summed E-state index contributed by atoms with van der Waals surface area (Å²) in [6.07, 6.45) is 0.726. The zero-order chi connectivity index (χ0) is 11.4. The molecule has 0 saturated heterocycles. The Hall–Kier alpha value is -1.39. The van der Waals surface area contributed by atoms with Gasteiger partial charge in [0.25, 0.3) is 0 Å². The highest BCUT2D eigenvalue weighted by atomic mass is 35.5. The first kappa shape index (κ1) is 11.1. The lowest BCUT2D eigenvalue weighted by Gasteiger charge is -1.95. The van der Waals surface area contributed by atoms with Crippen LogP contribution in [0.4, 0.5) is 0 Å². The van der Waals surface area contributed by atoms with Crippen LogP contribution in [0.15, 0.2) is 28.7 Å². The summed E-state index contributed by atoms with van der Waals surface area (Å²) in [5.74, 6) is 1.14. The van der Waals surface area contributed by atoms with Gasteiger partial charge in [0.05, 0.1) is 0 Å². The summed E-state index contributed by atoms with van der Waals surface area (Å²) in [5, 5.41) is 11.6. The molecule has 4 nitrogen and oxygen atoms in total. The number of likely N-dealkylation sites (N-methyl/N-ethyl adjacent to an activating group) is 1. The Morgan fingerprint density at radius 3 is 3.00 bits per heavy atom. The third kappa shape index (κ3) is 2.59. The quantitative estimate of drug-likeness (QED) is 0.885. The summed E-state index contributed by atoms with van der Waals surface area (Å²) in [6.45, 7) is 0.817. The third-order valence-electron chi connectivity index (χ3n) is 2.13. The summed E-state index contributed by atoms with van der Waals surface area (Å²) in [5.41, 5.74) is 0.843. The normalized spacial score (nSPS) is 10.6. The van der Waals surface area contributed by atoms with E-state index in [1.807, 2.05) is 25.2 Å². The minimum absolute atomic E-state index is 0.508. The molecule has 0 atom stereocenters. The highest BCUT2D eigenvalue weighted by Gasteiger charge is 2.07. The number of nitrogens with one attached hydrogen (secondary N) is 1. The summed E-state index contributed by atoms with van der Waals surface area (Å²) < 4.78 is 5.51. The molecule has 2 rings (SSSR count). The van der Waals surface area contributed by atoms with Crippen LogP contribution < -0.4 is 5.32 Å². The largest absolute Gasteiger partial charge is 0.421 e. The van der Waals surface area contributed by atoms with Gasteiger partial charge in [-0.25, -0.2) is 0 Å². The van der Waals surface area contributed by atoms with Crippen molar-refractivity contribution in [3.8, 4) is 11.5 Å². The van der Waals surface area contributed by atoms with Gasteiger partial charge in [0, 0.05) is 23.6 Å². The van der Waals surface area contributed by atoms with Crippen LogP contribution in [0.2, 0.25) is 5.02 Å². The summed E-state index contributed by atoms with van der Waals surface area (Å²) in [4.78, 5) is 0. The maximum atomic E-state index is 5.89. The monoisotopic (exact) mass is 237 g/mol. The molecule has 1 N–H and O–H groups in total. The lowest BCUT2D eigenvalue weighted by atomic mass is 10.2. The van der Waals surface area contributed by atoms with Crippen molar-refractivity contribution in [1.82, 2.24) is 15.5 Å². The Morgan fingerprint density at radius 1 is 1.38 bits per heavy atom. The van der Waals surface area contributed by atoms with Crippen LogP contribution in [0.5, 0.6) is 0 Å². The predicted octanol–water partition coefficient (Wildman–Crippen LogP) is 2.15. The maximum Gasteiger partial charge on any atom is 0.247 e. The van der Waals surface area contributed by atoms with Crippen molar-refractivity contribution in [3.63, 3.8) is 0 Å². The molecule has 0 aliphatic rings. The molecule has 2 aromatic rings. The van der Waals surface area contributed by atoms with Gasteiger partial charge < -0.3 is 9.73 Å². The lowest BCUT2D eigenvalue weighted by Crippen LogP contribution is -2.10. The van der Waals surface area contributed by atoms with Crippen molar-refractivity contribution in [3.05, 3.63) is 35.2 Å². The van der Waals surface area contributed by atoms with E-state index in [1.165, 1.54) is 0 Å². The molecular formula is C11H12ClN3O. The number of rotatable bonds is 4. The molecule has 5 heteroatoms.